The number of aromatic nitrogens is 1. The van der Waals surface area contributed by atoms with Crippen molar-refractivity contribution in [3.05, 3.63) is 41.4 Å². The Bertz CT molecular complexity index is 650. The number of hydrogen-bond donors (Lipinski definition) is 1. The van der Waals surface area contributed by atoms with Gasteiger partial charge in [-0.2, -0.15) is 0 Å². The Morgan fingerprint density at radius 3 is 2.52 bits per heavy atom. The summed E-state index contributed by atoms with van der Waals surface area (Å²) in [5.74, 6) is -0.839. The van der Waals surface area contributed by atoms with Gasteiger partial charge in [-0.05, 0) is 13.8 Å². The maximum atomic E-state index is 12.2. The average molecular weight is 304 g/mol. The number of nitrogens with zero attached hydrogens (tertiary/aromatic N) is 1. The number of carbonyl (C=O) groups excluding carboxylic acids is 2. The minimum absolute atomic E-state index is 0.343. The number of ether oxygens (including phenoxy) is 1. The molecule has 0 saturated heterocycles. The van der Waals surface area contributed by atoms with E-state index in [1.54, 1.807) is 13.8 Å². The standard InChI is InChI=1S/C15H16N2O3S/c1-15(2,14(19)20-3)17-12(18)11-9-16-13(21-11)10-7-5-4-6-8-10/h4-9H,1-3H3,(H,17,18). The van der Waals surface area contributed by atoms with Gasteiger partial charge >= 0.3 is 5.97 Å². The Hall–Kier alpha value is -2.21. The first-order valence-corrected chi connectivity index (χ1v) is 7.18. The van der Waals surface area contributed by atoms with Crippen LogP contribution in [-0.4, -0.2) is 29.5 Å². The van der Waals surface area contributed by atoms with Crippen molar-refractivity contribution in [1.29, 1.82) is 0 Å². The van der Waals surface area contributed by atoms with Crippen molar-refractivity contribution in [2.45, 2.75) is 19.4 Å². The van der Waals surface area contributed by atoms with E-state index in [0.717, 1.165) is 10.6 Å². The summed E-state index contributed by atoms with van der Waals surface area (Å²) >= 11 is 1.28. The quantitative estimate of drug-likeness (QED) is 0.881. The van der Waals surface area contributed by atoms with Gasteiger partial charge in [-0.3, -0.25) is 4.79 Å². The molecule has 2 rings (SSSR count). The summed E-state index contributed by atoms with van der Waals surface area (Å²) < 4.78 is 4.66. The molecule has 0 bridgehead atoms. The van der Waals surface area contributed by atoms with Crippen LogP contribution < -0.4 is 5.32 Å². The van der Waals surface area contributed by atoms with Gasteiger partial charge in [0.05, 0.1) is 13.3 Å². The maximum Gasteiger partial charge on any atom is 0.330 e. The minimum Gasteiger partial charge on any atom is -0.467 e. The molecule has 1 heterocycles. The third-order valence-electron chi connectivity index (χ3n) is 2.87. The van der Waals surface area contributed by atoms with Crippen LogP contribution in [-0.2, 0) is 9.53 Å². The Morgan fingerprint density at radius 2 is 1.90 bits per heavy atom. The number of thiazole rings is 1. The number of carbonyl (C=O) groups is 2. The van der Waals surface area contributed by atoms with Gasteiger partial charge in [0.2, 0.25) is 0 Å². The van der Waals surface area contributed by atoms with Crippen molar-refractivity contribution in [2.24, 2.45) is 0 Å². The monoisotopic (exact) mass is 304 g/mol. The normalized spacial score (nSPS) is 11.0. The second-order valence-corrected chi connectivity index (χ2v) is 6.00. The second-order valence-electron chi connectivity index (χ2n) is 4.97. The first kappa shape index (κ1) is 15.2. The van der Waals surface area contributed by atoms with E-state index < -0.39 is 11.5 Å². The van der Waals surface area contributed by atoms with Gasteiger partial charge in [0.15, 0.2) is 0 Å². The molecule has 6 heteroatoms. The lowest BCUT2D eigenvalue weighted by Crippen LogP contribution is -2.50. The summed E-state index contributed by atoms with van der Waals surface area (Å²) in [5.41, 5.74) is -0.128. The third kappa shape index (κ3) is 3.46. The Morgan fingerprint density at radius 1 is 1.24 bits per heavy atom. The number of nitrogens with one attached hydrogen (secondary N) is 1. The number of rotatable bonds is 4. The fourth-order valence-corrected chi connectivity index (χ4v) is 2.56. The molecular formula is C15H16N2O3S. The summed E-state index contributed by atoms with van der Waals surface area (Å²) in [6.07, 6.45) is 1.51. The first-order chi connectivity index (χ1) is 9.94. The number of benzene rings is 1. The lowest BCUT2D eigenvalue weighted by Gasteiger charge is -2.22. The van der Waals surface area contributed by atoms with Crippen LogP contribution >= 0.6 is 11.3 Å². The van der Waals surface area contributed by atoms with Crippen molar-refractivity contribution >= 4 is 23.2 Å². The van der Waals surface area contributed by atoms with E-state index >= 15 is 0 Å². The van der Waals surface area contributed by atoms with Crippen molar-refractivity contribution in [1.82, 2.24) is 10.3 Å². The molecule has 0 unspecified atom stereocenters. The molecule has 0 saturated carbocycles. The second kappa shape index (κ2) is 6.05. The molecule has 0 spiro atoms. The molecule has 1 aromatic carbocycles. The SMILES string of the molecule is COC(=O)C(C)(C)NC(=O)c1cnc(-c2ccccc2)s1. The highest BCUT2D eigenvalue weighted by atomic mass is 32.1. The van der Waals surface area contributed by atoms with E-state index in [1.807, 2.05) is 30.3 Å². The molecule has 0 atom stereocenters. The van der Waals surface area contributed by atoms with Crippen LogP contribution in [0.3, 0.4) is 0 Å². The van der Waals surface area contributed by atoms with Crippen LogP contribution in [0.2, 0.25) is 0 Å². The number of methoxy groups -OCH3 is 1. The molecule has 110 valence electrons. The van der Waals surface area contributed by atoms with E-state index in [0.29, 0.717) is 4.88 Å². The predicted octanol–water partition coefficient (Wildman–Crippen LogP) is 2.49. The summed E-state index contributed by atoms with van der Waals surface area (Å²) in [5, 5.41) is 3.41. The van der Waals surface area contributed by atoms with Crippen molar-refractivity contribution in [3.8, 4) is 10.6 Å². The fraction of sp³-hybridized carbons (Fsp3) is 0.267. The van der Waals surface area contributed by atoms with E-state index in [9.17, 15) is 9.59 Å². The molecule has 2 aromatic rings. The lowest BCUT2D eigenvalue weighted by molar-refractivity contribution is -0.146. The third-order valence-corrected chi connectivity index (χ3v) is 3.92. The summed E-state index contributed by atoms with van der Waals surface area (Å²) in [4.78, 5) is 28.4. The van der Waals surface area contributed by atoms with Crippen LogP contribution in [0.5, 0.6) is 0 Å². The molecule has 0 fully saturated rings. The molecule has 0 radical (unpaired) electrons. The number of esters is 1. The van der Waals surface area contributed by atoms with Crippen LogP contribution in [0.4, 0.5) is 0 Å². The van der Waals surface area contributed by atoms with Gasteiger partial charge in [0, 0.05) is 5.56 Å². The molecule has 0 aliphatic rings. The lowest BCUT2D eigenvalue weighted by atomic mass is 10.1. The highest BCUT2D eigenvalue weighted by Crippen LogP contribution is 2.25. The van der Waals surface area contributed by atoms with Gasteiger partial charge < -0.3 is 10.1 Å². The largest absolute Gasteiger partial charge is 0.467 e. The van der Waals surface area contributed by atoms with Gasteiger partial charge in [0.1, 0.15) is 15.4 Å². The van der Waals surface area contributed by atoms with Gasteiger partial charge in [0.25, 0.3) is 5.91 Å². The van der Waals surface area contributed by atoms with Crippen molar-refractivity contribution < 1.29 is 14.3 Å². The van der Waals surface area contributed by atoms with Crippen LogP contribution in [0.25, 0.3) is 10.6 Å². The fourth-order valence-electron chi connectivity index (χ4n) is 1.74. The number of amides is 1. The summed E-state index contributed by atoms with van der Waals surface area (Å²) in [7, 11) is 1.29. The van der Waals surface area contributed by atoms with Crippen molar-refractivity contribution in [3.63, 3.8) is 0 Å². The topological polar surface area (TPSA) is 68.3 Å². The molecule has 1 amide bonds. The van der Waals surface area contributed by atoms with Crippen LogP contribution in [0, 0.1) is 0 Å². The molecule has 0 aliphatic carbocycles. The molecular weight excluding hydrogens is 288 g/mol. The zero-order valence-electron chi connectivity index (χ0n) is 12.0. The van der Waals surface area contributed by atoms with E-state index in [4.69, 9.17) is 0 Å². The molecule has 21 heavy (non-hydrogen) atoms. The Balaban J connectivity index is 2.15. The molecule has 0 aliphatic heterocycles. The van der Waals surface area contributed by atoms with Crippen LogP contribution in [0.1, 0.15) is 23.5 Å². The summed E-state index contributed by atoms with van der Waals surface area (Å²) in [6, 6.07) is 9.61. The smallest absolute Gasteiger partial charge is 0.330 e. The van der Waals surface area contributed by atoms with E-state index in [2.05, 4.69) is 15.0 Å². The van der Waals surface area contributed by atoms with Gasteiger partial charge in [-0.15, -0.1) is 11.3 Å². The molecule has 1 aromatic heterocycles. The maximum absolute atomic E-state index is 12.2. The number of hydrogen-bond acceptors (Lipinski definition) is 5. The minimum atomic E-state index is -1.08. The van der Waals surface area contributed by atoms with Gasteiger partial charge in [-0.1, -0.05) is 30.3 Å². The van der Waals surface area contributed by atoms with Gasteiger partial charge in [-0.25, -0.2) is 9.78 Å². The van der Waals surface area contributed by atoms with Crippen molar-refractivity contribution in [2.75, 3.05) is 7.11 Å². The average Bonchev–Trinajstić information content (AvgIpc) is 2.96. The Labute approximate surface area is 127 Å². The molecule has 1 N–H and O–H groups in total. The first-order valence-electron chi connectivity index (χ1n) is 6.36. The summed E-state index contributed by atoms with van der Waals surface area (Å²) in [6.45, 7) is 3.19. The predicted molar refractivity (Wildman–Crippen MR) is 81.1 cm³/mol. The highest BCUT2D eigenvalue weighted by molar-refractivity contribution is 7.16. The molecule has 5 nitrogen and oxygen atoms in total. The Kier molecular flexibility index (Phi) is 4.37. The van der Waals surface area contributed by atoms with E-state index in [-0.39, 0.29) is 5.91 Å². The van der Waals surface area contributed by atoms with Crippen LogP contribution in [0.15, 0.2) is 36.5 Å². The highest BCUT2D eigenvalue weighted by Gasteiger charge is 2.31. The zero-order chi connectivity index (χ0) is 15.5. The van der Waals surface area contributed by atoms with E-state index in [1.165, 1.54) is 24.6 Å². The zero-order valence-corrected chi connectivity index (χ0v) is 12.9.